The van der Waals surface area contributed by atoms with Gasteiger partial charge in [0, 0.05) is 12.7 Å². The minimum atomic E-state index is 0.520. The Morgan fingerprint density at radius 3 is 2.61 bits per heavy atom. The maximum absolute atomic E-state index is 5.99. The SMILES string of the molecule is Clc1ncccc1NCc1ccc(C2CC2)cc1. The quantitative estimate of drug-likeness (QED) is 0.831. The molecular formula is C15H15ClN2. The predicted molar refractivity (Wildman–Crippen MR) is 75.0 cm³/mol. The highest BCUT2D eigenvalue weighted by Crippen LogP contribution is 2.39. The third-order valence-corrected chi connectivity index (χ3v) is 3.57. The van der Waals surface area contributed by atoms with Gasteiger partial charge < -0.3 is 5.32 Å². The molecule has 0 bridgehead atoms. The lowest BCUT2D eigenvalue weighted by Crippen LogP contribution is -2.00. The van der Waals surface area contributed by atoms with Gasteiger partial charge in [0.05, 0.1) is 5.69 Å². The van der Waals surface area contributed by atoms with Gasteiger partial charge in [-0.2, -0.15) is 0 Å². The van der Waals surface area contributed by atoms with Crippen LogP contribution in [0.5, 0.6) is 0 Å². The van der Waals surface area contributed by atoms with Crippen molar-refractivity contribution in [3.05, 3.63) is 58.9 Å². The minimum absolute atomic E-state index is 0.520. The molecule has 3 heteroatoms. The summed E-state index contributed by atoms with van der Waals surface area (Å²) in [6.07, 6.45) is 4.39. The topological polar surface area (TPSA) is 24.9 Å². The van der Waals surface area contributed by atoms with Crippen LogP contribution >= 0.6 is 11.6 Å². The molecule has 1 aromatic carbocycles. The van der Waals surface area contributed by atoms with Crippen molar-refractivity contribution in [3.8, 4) is 0 Å². The molecule has 1 heterocycles. The van der Waals surface area contributed by atoms with E-state index in [4.69, 9.17) is 11.6 Å². The van der Waals surface area contributed by atoms with E-state index in [0.29, 0.717) is 5.15 Å². The molecule has 0 amide bonds. The number of hydrogen-bond donors (Lipinski definition) is 1. The lowest BCUT2D eigenvalue weighted by atomic mass is 10.1. The summed E-state index contributed by atoms with van der Waals surface area (Å²) < 4.78 is 0. The number of anilines is 1. The third kappa shape index (κ3) is 2.65. The first kappa shape index (κ1) is 11.5. The van der Waals surface area contributed by atoms with Crippen LogP contribution in [0.4, 0.5) is 5.69 Å². The van der Waals surface area contributed by atoms with Gasteiger partial charge in [0.2, 0.25) is 0 Å². The summed E-state index contributed by atoms with van der Waals surface area (Å²) in [5, 5.41) is 3.82. The molecule has 92 valence electrons. The van der Waals surface area contributed by atoms with E-state index in [-0.39, 0.29) is 0 Å². The molecule has 1 aliphatic rings. The summed E-state index contributed by atoms with van der Waals surface area (Å²) in [6.45, 7) is 0.774. The Hall–Kier alpha value is -1.54. The standard InChI is InChI=1S/C15H15ClN2/c16-15-14(2-1-9-17-15)18-10-11-3-5-12(6-4-11)13-7-8-13/h1-6,9,13,18H,7-8,10H2. The first-order valence-corrected chi connectivity index (χ1v) is 6.64. The largest absolute Gasteiger partial charge is 0.378 e. The smallest absolute Gasteiger partial charge is 0.152 e. The van der Waals surface area contributed by atoms with Crippen LogP contribution in [0.25, 0.3) is 0 Å². The van der Waals surface area contributed by atoms with Crippen LogP contribution in [0.3, 0.4) is 0 Å². The summed E-state index contributed by atoms with van der Waals surface area (Å²) in [4.78, 5) is 4.04. The van der Waals surface area contributed by atoms with Crippen molar-refractivity contribution in [2.24, 2.45) is 0 Å². The molecular weight excluding hydrogens is 244 g/mol. The van der Waals surface area contributed by atoms with Gasteiger partial charge in [0.15, 0.2) is 5.15 Å². The zero-order valence-electron chi connectivity index (χ0n) is 10.1. The molecule has 0 saturated heterocycles. The molecule has 3 rings (SSSR count). The van der Waals surface area contributed by atoms with Crippen molar-refractivity contribution in [1.82, 2.24) is 4.98 Å². The maximum atomic E-state index is 5.99. The summed E-state index contributed by atoms with van der Waals surface area (Å²) in [5.74, 6) is 0.819. The molecule has 18 heavy (non-hydrogen) atoms. The number of rotatable bonds is 4. The Labute approximate surface area is 112 Å². The van der Waals surface area contributed by atoms with E-state index >= 15 is 0 Å². The van der Waals surface area contributed by atoms with E-state index in [0.717, 1.165) is 18.2 Å². The van der Waals surface area contributed by atoms with Crippen molar-refractivity contribution < 1.29 is 0 Å². The van der Waals surface area contributed by atoms with E-state index < -0.39 is 0 Å². The van der Waals surface area contributed by atoms with Crippen LogP contribution in [0, 0.1) is 0 Å². The van der Waals surface area contributed by atoms with E-state index in [1.807, 2.05) is 12.1 Å². The number of nitrogens with zero attached hydrogens (tertiary/aromatic N) is 1. The third-order valence-electron chi connectivity index (χ3n) is 3.27. The average molecular weight is 259 g/mol. The van der Waals surface area contributed by atoms with Crippen molar-refractivity contribution >= 4 is 17.3 Å². The fraction of sp³-hybridized carbons (Fsp3) is 0.267. The Bertz CT molecular complexity index is 532. The molecule has 0 radical (unpaired) electrons. The maximum Gasteiger partial charge on any atom is 0.152 e. The summed E-state index contributed by atoms with van der Waals surface area (Å²) in [6, 6.07) is 12.7. The second-order valence-corrected chi connectivity index (χ2v) is 5.07. The Morgan fingerprint density at radius 1 is 1.17 bits per heavy atom. The van der Waals surface area contributed by atoms with Crippen LogP contribution < -0.4 is 5.32 Å². The summed E-state index contributed by atoms with van der Waals surface area (Å²) >= 11 is 5.99. The van der Waals surface area contributed by atoms with Crippen molar-refractivity contribution in [1.29, 1.82) is 0 Å². The molecule has 2 nitrogen and oxygen atoms in total. The Kier molecular flexibility index (Phi) is 3.20. The number of pyridine rings is 1. The molecule has 0 aliphatic heterocycles. The fourth-order valence-electron chi connectivity index (χ4n) is 2.04. The van der Waals surface area contributed by atoms with Gasteiger partial charge in [0.25, 0.3) is 0 Å². The number of halogens is 1. The number of nitrogens with one attached hydrogen (secondary N) is 1. The van der Waals surface area contributed by atoms with E-state index in [9.17, 15) is 0 Å². The normalized spacial score (nSPS) is 14.5. The molecule has 1 fully saturated rings. The van der Waals surface area contributed by atoms with Crippen LogP contribution in [-0.4, -0.2) is 4.98 Å². The molecule has 2 aromatic rings. The number of benzene rings is 1. The van der Waals surface area contributed by atoms with Crippen LogP contribution in [0.2, 0.25) is 5.15 Å². The summed E-state index contributed by atoms with van der Waals surface area (Å²) in [7, 11) is 0. The lowest BCUT2D eigenvalue weighted by Gasteiger charge is -2.08. The van der Waals surface area contributed by atoms with Gasteiger partial charge in [-0.05, 0) is 42.0 Å². The van der Waals surface area contributed by atoms with Gasteiger partial charge in [-0.3, -0.25) is 0 Å². The van der Waals surface area contributed by atoms with Gasteiger partial charge >= 0.3 is 0 Å². The molecule has 0 spiro atoms. The first-order valence-electron chi connectivity index (χ1n) is 6.26. The molecule has 1 N–H and O–H groups in total. The van der Waals surface area contributed by atoms with Crippen LogP contribution in [-0.2, 0) is 6.54 Å². The van der Waals surface area contributed by atoms with Gasteiger partial charge in [-0.25, -0.2) is 4.98 Å². The van der Waals surface area contributed by atoms with Crippen molar-refractivity contribution in [2.45, 2.75) is 25.3 Å². The van der Waals surface area contributed by atoms with Crippen LogP contribution in [0.1, 0.15) is 29.9 Å². The van der Waals surface area contributed by atoms with E-state index in [1.165, 1.54) is 24.0 Å². The van der Waals surface area contributed by atoms with Gasteiger partial charge in [0.1, 0.15) is 0 Å². The predicted octanol–water partition coefficient (Wildman–Crippen LogP) is 4.22. The number of aromatic nitrogens is 1. The van der Waals surface area contributed by atoms with Crippen molar-refractivity contribution in [2.75, 3.05) is 5.32 Å². The Morgan fingerprint density at radius 2 is 1.94 bits per heavy atom. The van der Waals surface area contributed by atoms with Crippen molar-refractivity contribution in [3.63, 3.8) is 0 Å². The zero-order chi connectivity index (χ0) is 12.4. The fourth-order valence-corrected chi connectivity index (χ4v) is 2.23. The Balaban J connectivity index is 1.64. The van der Waals surface area contributed by atoms with E-state index in [1.54, 1.807) is 6.20 Å². The minimum Gasteiger partial charge on any atom is -0.378 e. The highest BCUT2D eigenvalue weighted by atomic mass is 35.5. The first-order chi connectivity index (χ1) is 8.83. The molecule has 0 unspecified atom stereocenters. The molecule has 1 saturated carbocycles. The van der Waals surface area contributed by atoms with E-state index in [2.05, 4.69) is 34.6 Å². The van der Waals surface area contributed by atoms with Crippen LogP contribution in [0.15, 0.2) is 42.6 Å². The molecule has 0 atom stereocenters. The average Bonchev–Trinajstić information content (AvgIpc) is 3.23. The highest BCUT2D eigenvalue weighted by molar-refractivity contribution is 6.31. The van der Waals surface area contributed by atoms with Gasteiger partial charge in [-0.15, -0.1) is 0 Å². The van der Waals surface area contributed by atoms with Gasteiger partial charge in [-0.1, -0.05) is 35.9 Å². The lowest BCUT2D eigenvalue weighted by molar-refractivity contribution is 1.10. The highest BCUT2D eigenvalue weighted by Gasteiger charge is 2.22. The number of hydrogen-bond acceptors (Lipinski definition) is 2. The monoisotopic (exact) mass is 258 g/mol. The molecule has 1 aliphatic carbocycles. The second kappa shape index (κ2) is 4.99. The summed E-state index contributed by atoms with van der Waals surface area (Å²) in [5.41, 5.74) is 3.61. The molecule has 1 aromatic heterocycles. The zero-order valence-corrected chi connectivity index (χ0v) is 10.8. The second-order valence-electron chi connectivity index (χ2n) is 4.71.